The molecule has 21 heavy (non-hydrogen) atoms. The Balaban J connectivity index is 2.13. The number of ether oxygens (including phenoxy) is 2. The zero-order valence-electron chi connectivity index (χ0n) is 11.9. The molecule has 6 nitrogen and oxygen atoms in total. The summed E-state index contributed by atoms with van der Waals surface area (Å²) < 4.78 is 11.0. The third kappa shape index (κ3) is 3.62. The van der Waals surface area contributed by atoms with Gasteiger partial charge >= 0.3 is 0 Å². The van der Waals surface area contributed by atoms with Gasteiger partial charge in [0.05, 0.1) is 7.11 Å². The molecule has 0 unspecified atom stereocenters. The van der Waals surface area contributed by atoms with Crippen LogP contribution >= 0.6 is 0 Å². The molecule has 0 fully saturated rings. The second-order valence-corrected chi connectivity index (χ2v) is 4.48. The number of amidine groups is 1. The number of aryl methyl sites for hydroxylation is 1. The van der Waals surface area contributed by atoms with E-state index in [2.05, 4.69) is 10.1 Å². The molecule has 1 heterocycles. The number of nitrogens with two attached hydrogens (primary N) is 1. The molecule has 0 bridgehead atoms. The highest BCUT2D eigenvalue weighted by Gasteiger charge is 2.06. The predicted octanol–water partition coefficient (Wildman–Crippen LogP) is 2.07. The van der Waals surface area contributed by atoms with Gasteiger partial charge in [-0.1, -0.05) is 11.2 Å². The smallest absolute Gasteiger partial charge is 0.188 e. The van der Waals surface area contributed by atoms with Crippen molar-refractivity contribution in [2.75, 3.05) is 7.11 Å². The van der Waals surface area contributed by atoms with Crippen molar-refractivity contribution in [3.05, 3.63) is 53.3 Å². The summed E-state index contributed by atoms with van der Waals surface area (Å²) in [5.41, 5.74) is 7.86. The molecule has 0 aliphatic carbocycles. The zero-order valence-corrected chi connectivity index (χ0v) is 11.9. The highest BCUT2D eigenvalue weighted by Crippen LogP contribution is 2.28. The topological polar surface area (TPSA) is 90.0 Å². The first-order valence-corrected chi connectivity index (χ1v) is 6.34. The number of hydrogen-bond donors (Lipinski definition) is 2. The molecule has 3 N–H and O–H groups in total. The fourth-order valence-electron chi connectivity index (χ4n) is 1.81. The van der Waals surface area contributed by atoms with Crippen LogP contribution in [0.15, 0.2) is 41.7 Å². The molecule has 1 aromatic carbocycles. The van der Waals surface area contributed by atoms with Crippen LogP contribution in [0.3, 0.4) is 0 Å². The van der Waals surface area contributed by atoms with Crippen molar-refractivity contribution in [1.29, 1.82) is 0 Å². The summed E-state index contributed by atoms with van der Waals surface area (Å²) in [6, 6.07) is 9.22. The lowest BCUT2D eigenvalue weighted by Crippen LogP contribution is -2.15. The van der Waals surface area contributed by atoms with Gasteiger partial charge in [0.15, 0.2) is 17.3 Å². The third-order valence-electron chi connectivity index (χ3n) is 2.91. The standard InChI is InChI=1S/C15H17N3O3/c1-10-3-4-13(14(7-10)20-2)21-9-11-5-6-17-12(8-11)15(16)18-19/h3-8,19H,9H2,1-2H3,(H2,16,18). The van der Waals surface area contributed by atoms with Gasteiger partial charge in [0, 0.05) is 6.20 Å². The Labute approximate surface area is 122 Å². The molecule has 110 valence electrons. The number of methoxy groups -OCH3 is 1. The second-order valence-electron chi connectivity index (χ2n) is 4.48. The van der Waals surface area contributed by atoms with Crippen LogP contribution in [-0.4, -0.2) is 23.1 Å². The van der Waals surface area contributed by atoms with E-state index in [0.717, 1.165) is 11.1 Å². The molecule has 0 spiro atoms. The minimum absolute atomic E-state index is 0.0373. The Morgan fingerprint density at radius 2 is 2.10 bits per heavy atom. The van der Waals surface area contributed by atoms with E-state index >= 15 is 0 Å². The van der Waals surface area contributed by atoms with E-state index < -0.39 is 0 Å². The molecule has 0 aliphatic heterocycles. The minimum atomic E-state index is -0.0373. The lowest BCUT2D eigenvalue weighted by Gasteiger charge is -2.11. The lowest BCUT2D eigenvalue weighted by atomic mass is 10.2. The van der Waals surface area contributed by atoms with Gasteiger partial charge in [-0.2, -0.15) is 0 Å². The Morgan fingerprint density at radius 1 is 1.29 bits per heavy atom. The van der Waals surface area contributed by atoms with Gasteiger partial charge in [0.2, 0.25) is 0 Å². The number of rotatable bonds is 5. The van der Waals surface area contributed by atoms with E-state index in [1.54, 1.807) is 25.4 Å². The lowest BCUT2D eigenvalue weighted by molar-refractivity contribution is 0.284. The first-order valence-electron chi connectivity index (χ1n) is 6.34. The summed E-state index contributed by atoms with van der Waals surface area (Å²) in [7, 11) is 1.60. The molecule has 2 rings (SSSR count). The summed E-state index contributed by atoms with van der Waals surface area (Å²) in [5, 5.41) is 11.6. The minimum Gasteiger partial charge on any atom is -0.493 e. The Morgan fingerprint density at radius 3 is 2.81 bits per heavy atom. The Kier molecular flexibility index (Phi) is 4.61. The van der Waals surface area contributed by atoms with Gasteiger partial charge in [-0.3, -0.25) is 4.98 Å². The molecule has 2 aromatic rings. The highest BCUT2D eigenvalue weighted by molar-refractivity contribution is 5.95. The Hall–Kier alpha value is -2.76. The van der Waals surface area contributed by atoms with Crippen molar-refractivity contribution in [3.63, 3.8) is 0 Å². The van der Waals surface area contributed by atoms with Crippen LogP contribution in [0.2, 0.25) is 0 Å². The van der Waals surface area contributed by atoms with Crippen molar-refractivity contribution >= 4 is 5.84 Å². The van der Waals surface area contributed by atoms with Gasteiger partial charge in [0.25, 0.3) is 0 Å². The van der Waals surface area contributed by atoms with Crippen LogP contribution in [0.5, 0.6) is 11.5 Å². The van der Waals surface area contributed by atoms with E-state index in [1.165, 1.54) is 0 Å². The van der Waals surface area contributed by atoms with Crippen LogP contribution in [0.4, 0.5) is 0 Å². The van der Waals surface area contributed by atoms with E-state index in [-0.39, 0.29) is 5.84 Å². The van der Waals surface area contributed by atoms with Crippen LogP contribution in [0.25, 0.3) is 0 Å². The highest BCUT2D eigenvalue weighted by atomic mass is 16.5. The normalized spacial score (nSPS) is 11.2. The average Bonchev–Trinajstić information content (AvgIpc) is 2.53. The largest absolute Gasteiger partial charge is 0.493 e. The second kappa shape index (κ2) is 6.60. The summed E-state index contributed by atoms with van der Waals surface area (Å²) in [6.07, 6.45) is 1.58. The van der Waals surface area contributed by atoms with Gasteiger partial charge in [-0.25, -0.2) is 0 Å². The summed E-state index contributed by atoms with van der Waals surface area (Å²) >= 11 is 0. The van der Waals surface area contributed by atoms with Crippen LogP contribution < -0.4 is 15.2 Å². The number of pyridine rings is 1. The van der Waals surface area contributed by atoms with Gasteiger partial charge < -0.3 is 20.4 Å². The van der Waals surface area contributed by atoms with E-state index in [0.29, 0.717) is 23.8 Å². The molecule has 0 saturated carbocycles. The first-order chi connectivity index (χ1) is 10.1. The third-order valence-corrected chi connectivity index (χ3v) is 2.91. The monoisotopic (exact) mass is 287 g/mol. The van der Waals surface area contributed by atoms with Gasteiger partial charge in [-0.15, -0.1) is 0 Å². The van der Waals surface area contributed by atoms with E-state index in [9.17, 15) is 0 Å². The van der Waals surface area contributed by atoms with Crippen LogP contribution in [0, 0.1) is 6.92 Å². The maximum absolute atomic E-state index is 8.66. The first kappa shape index (κ1) is 14.6. The number of benzene rings is 1. The number of hydrogen-bond acceptors (Lipinski definition) is 5. The number of aromatic nitrogens is 1. The predicted molar refractivity (Wildman–Crippen MR) is 78.8 cm³/mol. The van der Waals surface area contributed by atoms with Gasteiger partial charge in [-0.05, 0) is 42.3 Å². The van der Waals surface area contributed by atoms with E-state index in [1.807, 2.05) is 25.1 Å². The molecule has 0 aliphatic rings. The molecule has 6 heteroatoms. The molecular weight excluding hydrogens is 270 g/mol. The van der Waals surface area contributed by atoms with Gasteiger partial charge in [0.1, 0.15) is 12.3 Å². The molecule has 0 amide bonds. The summed E-state index contributed by atoms with van der Waals surface area (Å²) in [5.74, 6) is 1.30. The van der Waals surface area contributed by atoms with Crippen molar-refractivity contribution in [3.8, 4) is 11.5 Å². The van der Waals surface area contributed by atoms with E-state index in [4.69, 9.17) is 20.4 Å². The fourth-order valence-corrected chi connectivity index (χ4v) is 1.81. The van der Waals surface area contributed by atoms with Crippen molar-refractivity contribution < 1.29 is 14.7 Å². The maximum Gasteiger partial charge on any atom is 0.188 e. The summed E-state index contributed by atoms with van der Waals surface area (Å²) in [6.45, 7) is 2.31. The maximum atomic E-state index is 8.66. The fraction of sp³-hybridized carbons (Fsp3) is 0.200. The molecule has 0 saturated heterocycles. The van der Waals surface area contributed by atoms with Crippen molar-refractivity contribution in [2.24, 2.45) is 10.9 Å². The zero-order chi connectivity index (χ0) is 15.2. The Bertz CT molecular complexity index is 656. The molecule has 0 radical (unpaired) electrons. The van der Waals surface area contributed by atoms with Crippen molar-refractivity contribution in [1.82, 2.24) is 4.98 Å². The average molecular weight is 287 g/mol. The number of nitrogens with zero attached hydrogens (tertiary/aromatic N) is 2. The van der Waals surface area contributed by atoms with Crippen LogP contribution in [-0.2, 0) is 6.61 Å². The number of oxime groups is 1. The molecular formula is C15H17N3O3. The summed E-state index contributed by atoms with van der Waals surface area (Å²) in [4.78, 5) is 4.01. The molecule has 0 atom stereocenters. The SMILES string of the molecule is COc1cc(C)ccc1OCc1ccnc(C(N)=NO)c1. The van der Waals surface area contributed by atoms with Crippen LogP contribution in [0.1, 0.15) is 16.8 Å². The van der Waals surface area contributed by atoms with Crippen molar-refractivity contribution in [2.45, 2.75) is 13.5 Å². The molecule has 1 aromatic heterocycles. The quantitative estimate of drug-likeness (QED) is 0.380.